The smallest absolute Gasteiger partial charge is 0.0994 e. The number of piperidine rings is 1. The maximum atomic E-state index is 5.84. The summed E-state index contributed by atoms with van der Waals surface area (Å²) in [4.78, 5) is 2.41. The van der Waals surface area contributed by atoms with Crippen LogP contribution in [0.3, 0.4) is 0 Å². The van der Waals surface area contributed by atoms with Gasteiger partial charge in [0.1, 0.15) is 0 Å². The molecule has 0 aromatic heterocycles. The van der Waals surface area contributed by atoms with Crippen molar-refractivity contribution in [3.63, 3.8) is 0 Å². The summed E-state index contributed by atoms with van der Waals surface area (Å²) in [6.45, 7) is 13.9. The maximum absolute atomic E-state index is 5.84. The fourth-order valence-corrected chi connectivity index (χ4v) is 2.59. The zero-order valence-electron chi connectivity index (χ0n) is 14.0. The highest BCUT2D eigenvalue weighted by molar-refractivity contribution is 5.23. The van der Waals surface area contributed by atoms with E-state index in [9.17, 15) is 0 Å². The van der Waals surface area contributed by atoms with Crippen molar-refractivity contribution in [2.75, 3.05) is 26.4 Å². The molecule has 0 atom stereocenters. The Kier molecular flexibility index (Phi) is 9.04. The average molecular weight is 289 g/mol. The van der Waals surface area contributed by atoms with Crippen molar-refractivity contribution in [1.82, 2.24) is 4.90 Å². The molecule has 2 heteroatoms. The van der Waals surface area contributed by atoms with Crippen LogP contribution >= 0.6 is 0 Å². The van der Waals surface area contributed by atoms with Gasteiger partial charge in [-0.2, -0.15) is 0 Å². The molecule has 0 aromatic carbocycles. The number of rotatable bonds is 8. The lowest BCUT2D eigenvalue weighted by Crippen LogP contribution is -2.35. The van der Waals surface area contributed by atoms with Crippen LogP contribution in [0, 0.1) is 5.92 Å². The standard InChI is InChI=1S/C19H31NO/c1-5-7-9-19(8-6-2)15-21-16-20-12-10-18(11-13-20)14-17(3)4/h6-9,14,18H,2,5,10-13,15-16H2,1,3-4H3/b9-7-,19-8+. The van der Waals surface area contributed by atoms with E-state index in [-0.39, 0.29) is 0 Å². The number of allylic oxidation sites excluding steroid dienone is 5. The summed E-state index contributed by atoms with van der Waals surface area (Å²) in [6, 6.07) is 0. The lowest BCUT2D eigenvalue weighted by Gasteiger charge is -2.30. The molecule has 1 aliphatic rings. The van der Waals surface area contributed by atoms with Gasteiger partial charge in [-0.15, -0.1) is 0 Å². The van der Waals surface area contributed by atoms with Gasteiger partial charge in [0.15, 0.2) is 0 Å². The minimum Gasteiger partial charge on any atom is -0.361 e. The number of ether oxygens (including phenoxy) is 1. The predicted octanol–water partition coefficient (Wildman–Crippen LogP) is 4.72. The molecule has 2 nitrogen and oxygen atoms in total. The topological polar surface area (TPSA) is 12.5 Å². The molecule has 1 aliphatic heterocycles. The van der Waals surface area contributed by atoms with Crippen LogP contribution in [0.25, 0.3) is 0 Å². The second kappa shape index (κ2) is 10.6. The van der Waals surface area contributed by atoms with Crippen molar-refractivity contribution in [2.45, 2.75) is 40.0 Å². The van der Waals surface area contributed by atoms with Gasteiger partial charge in [-0.1, -0.05) is 49.5 Å². The number of hydrogen-bond acceptors (Lipinski definition) is 2. The zero-order chi connectivity index (χ0) is 15.5. The first-order valence-corrected chi connectivity index (χ1v) is 8.09. The molecule has 0 N–H and O–H groups in total. The van der Waals surface area contributed by atoms with Crippen LogP contribution in [0.15, 0.2) is 48.1 Å². The van der Waals surface area contributed by atoms with Gasteiger partial charge in [-0.05, 0) is 44.6 Å². The summed E-state index contributed by atoms with van der Waals surface area (Å²) in [7, 11) is 0. The summed E-state index contributed by atoms with van der Waals surface area (Å²) in [5.41, 5.74) is 2.62. The van der Waals surface area contributed by atoms with Gasteiger partial charge in [0.05, 0.1) is 13.3 Å². The quantitative estimate of drug-likeness (QED) is 0.473. The molecule has 0 aliphatic carbocycles. The zero-order valence-corrected chi connectivity index (χ0v) is 14.0. The molecule has 0 spiro atoms. The number of hydrogen-bond donors (Lipinski definition) is 0. The van der Waals surface area contributed by atoms with Gasteiger partial charge in [0.2, 0.25) is 0 Å². The van der Waals surface area contributed by atoms with E-state index in [1.807, 2.05) is 12.2 Å². The van der Waals surface area contributed by atoms with E-state index in [1.54, 1.807) is 0 Å². The highest BCUT2D eigenvalue weighted by Gasteiger charge is 2.17. The van der Waals surface area contributed by atoms with Gasteiger partial charge < -0.3 is 4.74 Å². The van der Waals surface area contributed by atoms with Crippen molar-refractivity contribution in [3.05, 3.63) is 48.1 Å². The number of nitrogens with zero attached hydrogens (tertiary/aromatic N) is 1. The third-order valence-electron chi connectivity index (χ3n) is 3.64. The van der Waals surface area contributed by atoms with E-state index in [0.29, 0.717) is 6.61 Å². The summed E-state index contributed by atoms with van der Waals surface area (Å²) in [5.74, 6) is 0.759. The fourth-order valence-electron chi connectivity index (χ4n) is 2.59. The molecule has 0 unspecified atom stereocenters. The van der Waals surface area contributed by atoms with Gasteiger partial charge >= 0.3 is 0 Å². The fraction of sp³-hybridized carbons (Fsp3) is 0.579. The van der Waals surface area contributed by atoms with Crippen molar-refractivity contribution in [2.24, 2.45) is 5.92 Å². The van der Waals surface area contributed by atoms with E-state index < -0.39 is 0 Å². The van der Waals surface area contributed by atoms with Gasteiger partial charge in [0, 0.05) is 13.1 Å². The Morgan fingerprint density at radius 2 is 2.00 bits per heavy atom. The minimum absolute atomic E-state index is 0.663. The van der Waals surface area contributed by atoms with Crippen LogP contribution in [0.5, 0.6) is 0 Å². The second-order valence-electron chi connectivity index (χ2n) is 5.96. The molecular weight excluding hydrogens is 258 g/mol. The van der Waals surface area contributed by atoms with Crippen LogP contribution in [0.4, 0.5) is 0 Å². The van der Waals surface area contributed by atoms with E-state index in [2.05, 4.69) is 50.5 Å². The maximum Gasteiger partial charge on any atom is 0.0994 e. The first-order chi connectivity index (χ1) is 10.2. The van der Waals surface area contributed by atoms with Crippen molar-refractivity contribution in [3.8, 4) is 0 Å². The highest BCUT2D eigenvalue weighted by atomic mass is 16.5. The van der Waals surface area contributed by atoms with Gasteiger partial charge in [0.25, 0.3) is 0 Å². The molecule has 0 radical (unpaired) electrons. The first kappa shape index (κ1) is 17.9. The molecule has 118 valence electrons. The molecule has 0 saturated carbocycles. The van der Waals surface area contributed by atoms with E-state index in [0.717, 1.165) is 32.2 Å². The Labute approximate surface area is 130 Å². The third kappa shape index (κ3) is 8.03. The summed E-state index contributed by atoms with van der Waals surface area (Å²) in [6.07, 6.45) is 14.1. The summed E-state index contributed by atoms with van der Waals surface area (Å²) >= 11 is 0. The largest absolute Gasteiger partial charge is 0.361 e. The molecule has 1 heterocycles. The van der Waals surface area contributed by atoms with Crippen molar-refractivity contribution < 1.29 is 4.74 Å². The first-order valence-electron chi connectivity index (χ1n) is 8.09. The highest BCUT2D eigenvalue weighted by Crippen LogP contribution is 2.19. The van der Waals surface area contributed by atoms with Crippen LogP contribution in [-0.4, -0.2) is 31.3 Å². The molecule has 1 saturated heterocycles. The molecule has 1 rings (SSSR count). The second-order valence-corrected chi connectivity index (χ2v) is 5.96. The Bertz CT molecular complexity index is 380. The van der Waals surface area contributed by atoms with Gasteiger partial charge in [-0.3, -0.25) is 4.90 Å². The van der Waals surface area contributed by atoms with E-state index in [4.69, 9.17) is 4.74 Å². The third-order valence-corrected chi connectivity index (χ3v) is 3.64. The Hall–Kier alpha value is -1.12. The molecular formula is C19H31NO. The molecule has 0 amide bonds. The average Bonchev–Trinajstić information content (AvgIpc) is 2.46. The van der Waals surface area contributed by atoms with Crippen molar-refractivity contribution >= 4 is 0 Å². The molecule has 21 heavy (non-hydrogen) atoms. The Morgan fingerprint density at radius 3 is 2.57 bits per heavy atom. The Morgan fingerprint density at radius 1 is 1.29 bits per heavy atom. The van der Waals surface area contributed by atoms with Crippen LogP contribution < -0.4 is 0 Å². The lowest BCUT2D eigenvalue weighted by molar-refractivity contribution is 0.0252. The molecule has 1 fully saturated rings. The number of likely N-dealkylation sites (tertiary alicyclic amines) is 1. The van der Waals surface area contributed by atoms with Crippen LogP contribution in [-0.2, 0) is 4.74 Å². The Balaban J connectivity index is 2.27. The lowest BCUT2D eigenvalue weighted by atomic mass is 9.95. The van der Waals surface area contributed by atoms with Crippen LogP contribution in [0.1, 0.15) is 40.0 Å². The monoisotopic (exact) mass is 289 g/mol. The summed E-state index contributed by atoms with van der Waals surface area (Å²) in [5, 5.41) is 0. The normalized spacial score (nSPS) is 18.1. The van der Waals surface area contributed by atoms with E-state index in [1.165, 1.54) is 24.0 Å². The minimum atomic E-state index is 0.663. The van der Waals surface area contributed by atoms with Crippen LogP contribution in [0.2, 0.25) is 0 Å². The van der Waals surface area contributed by atoms with Crippen molar-refractivity contribution in [1.29, 1.82) is 0 Å². The predicted molar refractivity (Wildman–Crippen MR) is 92.3 cm³/mol. The summed E-state index contributed by atoms with van der Waals surface area (Å²) < 4.78 is 5.84. The molecule has 0 bridgehead atoms. The SMILES string of the molecule is C=C/C=C(\C=C/CC)COCN1CCC(C=C(C)C)CC1. The molecule has 0 aromatic rings. The van der Waals surface area contributed by atoms with E-state index >= 15 is 0 Å². The van der Waals surface area contributed by atoms with Gasteiger partial charge in [-0.25, -0.2) is 0 Å².